The molecule has 1 heterocycles. The molecule has 1 amide bonds. The van der Waals surface area contributed by atoms with Gasteiger partial charge in [-0.3, -0.25) is 0 Å². The normalized spacial score (nSPS) is 21.4. The van der Waals surface area contributed by atoms with Crippen molar-refractivity contribution in [3.05, 3.63) is 35.9 Å². The molecular formula is C13H14Cl2NO+. The van der Waals surface area contributed by atoms with Crippen LogP contribution in [0.3, 0.4) is 0 Å². The summed E-state index contributed by atoms with van der Waals surface area (Å²) >= 11 is 12.2. The van der Waals surface area contributed by atoms with Gasteiger partial charge < -0.3 is 0 Å². The molecule has 2 rings (SSSR count). The van der Waals surface area contributed by atoms with Crippen LogP contribution in [0.2, 0.25) is 0 Å². The lowest BCUT2D eigenvalue weighted by Crippen LogP contribution is -2.38. The van der Waals surface area contributed by atoms with Crippen molar-refractivity contribution in [3.8, 4) is 0 Å². The number of benzene rings is 1. The van der Waals surface area contributed by atoms with Gasteiger partial charge in [-0.15, -0.1) is 0 Å². The van der Waals surface area contributed by atoms with E-state index in [1.807, 2.05) is 50.4 Å². The van der Waals surface area contributed by atoms with Crippen LogP contribution in [-0.2, 0) is 11.3 Å². The highest BCUT2D eigenvalue weighted by Crippen LogP contribution is 2.44. The molecule has 0 saturated heterocycles. The maximum Gasteiger partial charge on any atom is 0.424 e. The smallest absolute Gasteiger partial charge is 0.216 e. The Kier molecular flexibility index (Phi) is 3.04. The predicted molar refractivity (Wildman–Crippen MR) is 69.7 cm³/mol. The van der Waals surface area contributed by atoms with Crippen LogP contribution in [-0.4, -0.2) is 21.0 Å². The second-order valence-electron chi connectivity index (χ2n) is 4.84. The van der Waals surface area contributed by atoms with Crippen molar-refractivity contribution < 1.29 is 9.37 Å². The van der Waals surface area contributed by atoms with E-state index in [0.29, 0.717) is 6.54 Å². The van der Waals surface area contributed by atoms with E-state index in [1.54, 1.807) is 4.58 Å². The van der Waals surface area contributed by atoms with E-state index in [2.05, 4.69) is 0 Å². The molecule has 17 heavy (non-hydrogen) atoms. The Hall–Kier alpha value is -0.860. The van der Waals surface area contributed by atoms with Gasteiger partial charge in [-0.1, -0.05) is 53.5 Å². The summed E-state index contributed by atoms with van der Waals surface area (Å²) in [5.41, 5.74) is 0.501. The molecule has 0 spiro atoms. The van der Waals surface area contributed by atoms with Crippen LogP contribution in [0.4, 0.5) is 0 Å². The van der Waals surface area contributed by atoms with Crippen LogP contribution in [0, 0.1) is 5.41 Å². The fourth-order valence-corrected chi connectivity index (χ4v) is 2.20. The molecular weight excluding hydrogens is 257 g/mol. The minimum absolute atomic E-state index is 0.255. The number of nitrogens with zero attached hydrogens (tertiary/aromatic N) is 1. The van der Waals surface area contributed by atoms with Crippen molar-refractivity contribution in [1.82, 2.24) is 0 Å². The highest BCUT2D eigenvalue weighted by atomic mass is 35.5. The summed E-state index contributed by atoms with van der Waals surface area (Å²) in [6.45, 7) is 4.22. The van der Waals surface area contributed by atoms with Crippen LogP contribution < -0.4 is 0 Å². The number of halogens is 2. The second kappa shape index (κ2) is 4.11. The van der Waals surface area contributed by atoms with Crippen LogP contribution in [0.25, 0.3) is 0 Å². The van der Waals surface area contributed by atoms with Crippen LogP contribution >= 0.6 is 23.2 Å². The maximum atomic E-state index is 12.1. The van der Waals surface area contributed by atoms with E-state index in [1.165, 1.54) is 0 Å². The zero-order valence-corrected chi connectivity index (χ0v) is 11.3. The SMILES string of the molecule is CC1(C)C=[N+](Cc2ccccc2)C(=O)C1(Cl)Cl. The van der Waals surface area contributed by atoms with E-state index in [9.17, 15) is 4.79 Å². The van der Waals surface area contributed by atoms with Gasteiger partial charge in [-0.25, -0.2) is 4.79 Å². The summed E-state index contributed by atoms with van der Waals surface area (Å²) in [5, 5.41) is 0. The Balaban J connectivity index is 2.28. The van der Waals surface area contributed by atoms with E-state index in [4.69, 9.17) is 23.2 Å². The number of alkyl halides is 2. The zero-order valence-electron chi connectivity index (χ0n) is 9.78. The van der Waals surface area contributed by atoms with Gasteiger partial charge in [0.2, 0.25) is 0 Å². The third kappa shape index (κ3) is 2.12. The van der Waals surface area contributed by atoms with E-state index in [0.717, 1.165) is 5.56 Å². The Morgan fingerprint density at radius 2 is 1.76 bits per heavy atom. The molecule has 0 fully saturated rings. The van der Waals surface area contributed by atoms with Crippen LogP contribution in [0.15, 0.2) is 30.3 Å². The number of hydrogen-bond donors (Lipinski definition) is 0. The molecule has 0 N–H and O–H groups in total. The second-order valence-corrected chi connectivity index (χ2v) is 6.17. The van der Waals surface area contributed by atoms with Crippen molar-refractivity contribution in [2.24, 2.45) is 5.41 Å². The van der Waals surface area contributed by atoms with E-state index >= 15 is 0 Å². The van der Waals surface area contributed by atoms with Crippen LogP contribution in [0.1, 0.15) is 19.4 Å². The Labute approximate surface area is 111 Å². The van der Waals surface area contributed by atoms with E-state index in [-0.39, 0.29) is 5.91 Å². The van der Waals surface area contributed by atoms with Crippen molar-refractivity contribution in [2.45, 2.75) is 24.7 Å². The van der Waals surface area contributed by atoms with Gasteiger partial charge in [0.05, 0.1) is 5.41 Å². The average Bonchev–Trinajstić information content (AvgIpc) is 2.41. The van der Waals surface area contributed by atoms with Crippen molar-refractivity contribution >= 4 is 35.3 Å². The molecule has 0 aromatic heterocycles. The molecule has 1 aromatic carbocycles. The van der Waals surface area contributed by atoms with Gasteiger partial charge in [-0.05, 0) is 13.8 Å². The quantitative estimate of drug-likeness (QED) is 0.598. The summed E-state index contributed by atoms with van der Waals surface area (Å²) in [6, 6.07) is 9.76. The van der Waals surface area contributed by atoms with E-state index < -0.39 is 9.75 Å². The summed E-state index contributed by atoms with van der Waals surface area (Å²) in [6.07, 6.45) is 1.81. The molecule has 0 atom stereocenters. The molecule has 0 radical (unpaired) electrons. The number of carbonyl (C=O) groups is 1. The summed E-state index contributed by atoms with van der Waals surface area (Å²) < 4.78 is 0.219. The van der Waals surface area contributed by atoms with Crippen molar-refractivity contribution in [3.63, 3.8) is 0 Å². The number of carbonyl (C=O) groups excluding carboxylic acids is 1. The number of hydrogen-bond acceptors (Lipinski definition) is 1. The van der Waals surface area contributed by atoms with Gasteiger partial charge in [0.25, 0.3) is 4.33 Å². The largest absolute Gasteiger partial charge is 0.424 e. The summed E-state index contributed by atoms with van der Waals surface area (Å²) in [5.74, 6) is -0.255. The molecule has 0 saturated carbocycles. The molecule has 90 valence electrons. The fourth-order valence-electron chi connectivity index (χ4n) is 1.88. The third-order valence-corrected chi connectivity index (χ3v) is 4.31. The van der Waals surface area contributed by atoms with Crippen LogP contribution in [0.5, 0.6) is 0 Å². The molecule has 1 aliphatic rings. The highest BCUT2D eigenvalue weighted by molar-refractivity contribution is 6.59. The first-order valence-corrected chi connectivity index (χ1v) is 6.19. The highest BCUT2D eigenvalue weighted by Gasteiger charge is 2.60. The molecule has 4 heteroatoms. The van der Waals surface area contributed by atoms with Gasteiger partial charge in [0, 0.05) is 5.56 Å². The molecule has 1 aliphatic heterocycles. The lowest BCUT2D eigenvalue weighted by atomic mass is 9.92. The van der Waals surface area contributed by atoms with Gasteiger partial charge in [0.15, 0.2) is 12.8 Å². The first-order valence-electron chi connectivity index (χ1n) is 5.43. The molecule has 1 aromatic rings. The van der Waals surface area contributed by atoms with Gasteiger partial charge >= 0.3 is 5.91 Å². The first-order chi connectivity index (χ1) is 7.84. The Morgan fingerprint density at radius 3 is 2.24 bits per heavy atom. The lowest BCUT2D eigenvalue weighted by molar-refractivity contribution is -0.455. The molecule has 0 unspecified atom stereocenters. The fraction of sp³-hybridized carbons (Fsp3) is 0.385. The summed E-state index contributed by atoms with van der Waals surface area (Å²) in [7, 11) is 0. The Bertz CT molecular complexity index is 477. The standard InChI is InChI=1S/C13H14Cl2NO/c1-12(2)9-16(11(17)13(12,14)15)8-10-6-4-3-5-7-10/h3-7,9H,8H2,1-2H3/q+1. The lowest BCUT2D eigenvalue weighted by Gasteiger charge is -2.20. The maximum absolute atomic E-state index is 12.1. The molecule has 0 bridgehead atoms. The minimum atomic E-state index is -1.37. The minimum Gasteiger partial charge on any atom is -0.216 e. The monoisotopic (exact) mass is 270 g/mol. The van der Waals surface area contributed by atoms with Crippen molar-refractivity contribution in [2.75, 3.05) is 0 Å². The number of rotatable bonds is 2. The predicted octanol–water partition coefficient (Wildman–Crippen LogP) is 3.01. The van der Waals surface area contributed by atoms with Gasteiger partial charge in [0.1, 0.15) is 0 Å². The molecule has 0 aliphatic carbocycles. The number of amides is 1. The van der Waals surface area contributed by atoms with Crippen molar-refractivity contribution in [1.29, 1.82) is 0 Å². The third-order valence-electron chi connectivity index (χ3n) is 3.01. The Morgan fingerprint density at radius 1 is 1.18 bits per heavy atom. The first kappa shape index (κ1) is 12.6. The average molecular weight is 271 g/mol. The topological polar surface area (TPSA) is 20.1 Å². The zero-order chi connectivity index (χ0) is 12.7. The summed E-state index contributed by atoms with van der Waals surface area (Å²) in [4.78, 5) is 12.1. The van der Waals surface area contributed by atoms with Gasteiger partial charge in [-0.2, -0.15) is 4.58 Å². The molecule has 2 nitrogen and oxygen atoms in total.